The molecule has 0 bridgehead atoms. The van der Waals surface area contributed by atoms with Crippen molar-refractivity contribution in [1.82, 2.24) is 0 Å². The van der Waals surface area contributed by atoms with E-state index >= 15 is 0 Å². The number of aryl methyl sites for hydroxylation is 1. The molecule has 0 aliphatic carbocycles. The number of fused-ring (bicyclic) bond motifs is 1. The Kier molecular flexibility index (Phi) is 3.03. The number of hydrogen-bond acceptors (Lipinski definition) is 3. The Morgan fingerprint density at radius 2 is 2.00 bits per heavy atom. The average Bonchev–Trinajstić information content (AvgIpc) is 2.64. The Bertz CT molecular complexity index is 595. The molecule has 1 heterocycles. The summed E-state index contributed by atoms with van der Waals surface area (Å²) in [5, 5.41) is 0. The van der Waals surface area contributed by atoms with Crippen LogP contribution >= 0.6 is 0 Å². The lowest BCUT2D eigenvalue weighted by atomic mass is 10.1. The number of hydrogen-bond donors (Lipinski definition) is 1. The first kappa shape index (κ1) is 11.9. The maximum Gasteiger partial charge on any atom is 0.124 e. The molecule has 0 saturated heterocycles. The molecule has 0 radical (unpaired) electrons. The molecule has 3 heteroatoms. The van der Waals surface area contributed by atoms with Crippen LogP contribution in [0.15, 0.2) is 42.5 Å². The summed E-state index contributed by atoms with van der Waals surface area (Å²) in [7, 11) is 0. The normalized spacial score (nSPS) is 14.5. The zero-order chi connectivity index (χ0) is 13.2. The first-order valence-corrected chi connectivity index (χ1v) is 6.56. The Labute approximate surface area is 113 Å². The minimum Gasteiger partial charge on any atom is -0.491 e. The summed E-state index contributed by atoms with van der Waals surface area (Å²) in [6.07, 6.45) is 0. The third kappa shape index (κ3) is 2.36. The minimum absolute atomic E-state index is 0.699. The molecule has 0 aromatic heterocycles. The summed E-state index contributed by atoms with van der Waals surface area (Å²) in [6.45, 7) is 4.46. The van der Waals surface area contributed by atoms with Crippen LogP contribution in [0, 0.1) is 6.92 Å². The highest BCUT2D eigenvalue weighted by Gasteiger charge is 2.15. The molecule has 3 rings (SSSR count). The van der Waals surface area contributed by atoms with Gasteiger partial charge in [-0.25, -0.2) is 0 Å². The van der Waals surface area contributed by atoms with Crippen molar-refractivity contribution in [3.05, 3.63) is 53.6 Å². The number of nitrogen functional groups attached to an aromatic ring is 1. The molecule has 2 aromatic rings. The third-order valence-electron chi connectivity index (χ3n) is 3.58. The van der Waals surface area contributed by atoms with E-state index in [1.54, 1.807) is 0 Å². The van der Waals surface area contributed by atoms with Crippen LogP contribution in [-0.4, -0.2) is 13.2 Å². The van der Waals surface area contributed by atoms with Crippen molar-refractivity contribution >= 4 is 11.4 Å². The summed E-state index contributed by atoms with van der Waals surface area (Å²) in [4.78, 5) is 2.31. The van der Waals surface area contributed by atoms with E-state index < -0.39 is 0 Å². The zero-order valence-corrected chi connectivity index (χ0v) is 11.1. The van der Waals surface area contributed by atoms with Crippen LogP contribution in [0.25, 0.3) is 0 Å². The van der Waals surface area contributed by atoms with Crippen molar-refractivity contribution < 1.29 is 4.74 Å². The summed E-state index contributed by atoms with van der Waals surface area (Å²) >= 11 is 0. The van der Waals surface area contributed by atoms with Crippen LogP contribution in [0.1, 0.15) is 11.1 Å². The molecule has 3 nitrogen and oxygen atoms in total. The van der Waals surface area contributed by atoms with Gasteiger partial charge in [0.2, 0.25) is 0 Å². The second kappa shape index (κ2) is 4.84. The van der Waals surface area contributed by atoms with Gasteiger partial charge in [0.1, 0.15) is 12.4 Å². The first-order chi connectivity index (χ1) is 9.24. The Morgan fingerprint density at radius 1 is 1.16 bits per heavy atom. The zero-order valence-electron chi connectivity index (χ0n) is 11.1. The van der Waals surface area contributed by atoms with E-state index in [1.165, 1.54) is 5.56 Å². The summed E-state index contributed by atoms with van der Waals surface area (Å²) < 4.78 is 5.78. The number of nitrogens with two attached hydrogens (primary N) is 1. The molecular weight excluding hydrogens is 236 g/mol. The van der Waals surface area contributed by atoms with Gasteiger partial charge >= 0.3 is 0 Å². The van der Waals surface area contributed by atoms with Crippen molar-refractivity contribution in [1.29, 1.82) is 0 Å². The molecule has 0 unspecified atom stereocenters. The fraction of sp³-hybridized carbons (Fsp3) is 0.250. The fourth-order valence-electron chi connectivity index (χ4n) is 2.37. The third-order valence-corrected chi connectivity index (χ3v) is 3.58. The number of para-hydroxylation sites is 1. The highest BCUT2D eigenvalue weighted by Crippen LogP contribution is 2.27. The first-order valence-electron chi connectivity index (χ1n) is 6.56. The SMILES string of the molecule is Cc1ccc(N2CCOc3ccccc3C2)cc1N. The van der Waals surface area contributed by atoms with E-state index in [2.05, 4.69) is 29.2 Å². The van der Waals surface area contributed by atoms with E-state index in [9.17, 15) is 0 Å². The molecule has 1 aliphatic heterocycles. The number of anilines is 2. The van der Waals surface area contributed by atoms with E-state index in [1.807, 2.05) is 25.1 Å². The second-order valence-corrected chi connectivity index (χ2v) is 4.92. The van der Waals surface area contributed by atoms with Crippen molar-refractivity contribution in [2.24, 2.45) is 0 Å². The van der Waals surface area contributed by atoms with E-state index in [0.717, 1.165) is 35.8 Å². The van der Waals surface area contributed by atoms with E-state index in [4.69, 9.17) is 10.5 Å². The lowest BCUT2D eigenvalue weighted by Crippen LogP contribution is -2.25. The summed E-state index contributed by atoms with van der Waals surface area (Å²) in [6, 6.07) is 14.5. The van der Waals surface area contributed by atoms with Crippen LogP contribution in [0.2, 0.25) is 0 Å². The van der Waals surface area contributed by atoms with Crippen molar-refractivity contribution in [2.75, 3.05) is 23.8 Å². The Morgan fingerprint density at radius 3 is 2.84 bits per heavy atom. The number of benzene rings is 2. The second-order valence-electron chi connectivity index (χ2n) is 4.92. The topological polar surface area (TPSA) is 38.5 Å². The van der Waals surface area contributed by atoms with Gasteiger partial charge in [0, 0.05) is 23.5 Å². The van der Waals surface area contributed by atoms with Crippen LogP contribution in [0.3, 0.4) is 0 Å². The van der Waals surface area contributed by atoms with Gasteiger partial charge in [0.05, 0.1) is 6.54 Å². The largest absolute Gasteiger partial charge is 0.491 e. The molecule has 0 fully saturated rings. The molecule has 2 N–H and O–H groups in total. The number of ether oxygens (including phenoxy) is 1. The minimum atomic E-state index is 0.699. The lowest BCUT2D eigenvalue weighted by molar-refractivity contribution is 0.331. The van der Waals surface area contributed by atoms with E-state index in [-0.39, 0.29) is 0 Å². The lowest BCUT2D eigenvalue weighted by Gasteiger charge is -2.22. The van der Waals surface area contributed by atoms with Crippen LogP contribution in [0.5, 0.6) is 5.75 Å². The molecule has 19 heavy (non-hydrogen) atoms. The van der Waals surface area contributed by atoms with Gasteiger partial charge in [-0.2, -0.15) is 0 Å². The average molecular weight is 254 g/mol. The summed E-state index contributed by atoms with van der Waals surface area (Å²) in [5.41, 5.74) is 10.3. The Hall–Kier alpha value is -2.16. The van der Waals surface area contributed by atoms with Gasteiger partial charge in [-0.3, -0.25) is 0 Å². The van der Waals surface area contributed by atoms with Crippen LogP contribution < -0.4 is 15.4 Å². The predicted octanol–water partition coefficient (Wildman–Crippen LogP) is 2.98. The quantitative estimate of drug-likeness (QED) is 0.795. The Balaban J connectivity index is 1.92. The monoisotopic (exact) mass is 254 g/mol. The number of rotatable bonds is 1. The van der Waals surface area contributed by atoms with Gasteiger partial charge in [-0.1, -0.05) is 24.3 Å². The van der Waals surface area contributed by atoms with Crippen molar-refractivity contribution in [2.45, 2.75) is 13.5 Å². The van der Waals surface area contributed by atoms with E-state index in [0.29, 0.717) is 6.61 Å². The molecule has 0 amide bonds. The van der Waals surface area contributed by atoms with Crippen molar-refractivity contribution in [3.63, 3.8) is 0 Å². The molecule has 2 aromatic carbocycles. The van der Waals surface area contributed by atoms with Crippen LogP contribution in [-0.2, 0) is 6.54 Å². The molecule has 0 atom stereocenters. The maximum absolute atomic E-state index is 6.00. The summed E-state index contributed by atoms with van der Waals surface area (Å²) in [5.74, 6) is 0.991. The molecule has 1 aliphatic rings. The standard InChI is InChI=1S/C16H18N2O/c1-12-6-7-14(10-15(12)17)18-8-9-19-16-5-3-2-4-13(16)11-18/h2-7,10H,8-9,11,17H2,1H3. The fourth-order valence-corrected chi connectivity index (χ4v) is 2.37. The van der Waals surface area contributed by atoms with Gasteiger partial charge in [0.15, 0.2) is 0 Å². The highest BCUT2D eigenvalue weighted by atomic mass is 16.5. The molecule has 98 valence electrons. The number of nitrogens with zero attached hydrogens (tertiary/aromatic N) is 1. The molecule has 0 saturated carbocycles. The maximum atomic E-state index is 6.00. The molecular formula is C16H18N2O. The van der Waals surface area contributed by atoms with Crippen LogP contribution in [0.4, 0.5) is 11.4 Å². The van der Waals surface area contributed by atoms with Gasteiger partial charge in [-0.05, 0) is 30.7 Å². The molecule has 0 spiro atoms. The van der Waals surface area contributed by atoms with Gasteiger partial charge in [0.25, 0.3) is 0 Å². The smallest absolute Gasteiger partial charge is 0.124 e. The predicted molar refractivity (Wildman–Crippen MR) is 78.6 cm³/mol. The van der Waals surface area contributed by atoms with Gasteiger partial charge < -0.3 is 15.4 Å². The van der Waals surface area contributed by atoms with Gasteiger partial charge in [-0.15, -0.1) is 0 Å². The highest BCUT2D eigenvalue weighted by molar-refractivity contribution is 5.60. The van der Waals surface area contributed by atoms with Crippen molar-refractivity contribution in [3.8, 4) is 5.75 Å².